The van der Waals surface area contributed by atoms with Crippen molar-refractivity contribution in [3.8, 4) is 0 Å². The minimum Gasteiger partial charge on any atom is -0.327 e. The summed E-state index contributed by atoms with van der Waals surface area (Å²) in [6.45, 7) is 0. The van der Waals surface area contributed by atoms with Crippen LogP contribution in [0.5, 0.6) is 0 Å². The van der Waals surface area contributed by atoms with Crippen molar-refractivity contribution in [1.29, 1.82) is 0 Å². The van der Waals surface area contributed by atoms with Crippen LogP contribution in [-0.4, -0.2) is 11.0 Å². The molecule has 3 nitrogen and oxygen atoms in total. The summed E-state index contributed by atoms with van der Waals surface area (Å²) in [5, 5.41) is 2.91. The number of carbonyl (C=O) groups is 1. The molecule has 116 valence electrons. The van der Waals surface area contributed by atoms with Gasteiger partial charge in [-0.1, -0.05) is 15.9 Å². The van der Waals surface area contributed by atoms with E-state index >= 15 is 0 Å². The molecule has 0 unspecified atom stereocenters. The lowest BCUT2D eigenvalue weighted by Gasteiger charge is -2.13. The van der Waals surface area contributed by atoms with Crippen LogP contribution in [0.25, 0.3) is 6.08 Å². The number of hydrogen-bond donors (Lipinski definition) is 1. The lowest BCUT2D eigenvalue weighted by Crippen LogP contribution is -2.30. The van der Waals surface area contributed by atoms with Gasteiger partial charge in [0, 0.05) is 10.0 Å². The van der Waals surface area contributed by atoms with Gasteiger partial charge in [0.2, 0.25) is 0 Å². The first-order valence-electron chi connectivity index (χ1n) is 6.53. The molecule has 23 heavy (non-hydrogen) atoms. The number of anilines is 1. The number of carbonyl (C=O) groups excluding carboxylic acids is 1. The van der Waals surface area contributed by atoms with Gasteiger partial charge in [0.25, 0.3) is 5.91 Å². The van der Waals surface area contributed by atoms with E-state index in [-0.39, 0.29) is 16.4 Å². The van der Waals surface area contributed by atoms with E-state index in [1.165, 1.54) is 41.3 Å². The Morgan fingerprint density at radius 1 is 1.13 bits per heavy atom. The van der Waals surface area contributed by atoms with Crippen molar-refractivity contribution in [1.82, 2.24) is 5.32 Å². The van der Waals surface area contributed by atoms with Gasteiger partial charge in [-0.3, -0.25) is 9.69 Å². The second-order valence-corrected chi connectivity index (χ2v) is 6.07. The van der Waals surface area contributed by atoms with Crippen LogP contribution in [0.4, 0.5) is 14.5 Å². The van der Waals surface area contributed by atoms with E-state index in [2.05, 4.69) is 21.2 Å². The molecule has 1 saturated heterocycles. The first-order chi connectivity index (χ1) is 11.0. The molecule has 0 radical (unpaired) electrons. The predicted molar refractivity (Wildman–Crippen MR) is 91.7 cm³/mol. The van der Waals surface area contributed by atoms with Crippen LogP contribution in [-0.2, 0) is 4.79 Å². The van der Waals surface area contributed by atoms with Crippen LogP contribution < -0.4 is 10.2 Å². The number of hydrogen-bond acceptors (Lipinski definition) is 2. The number of thiocarbonyl (C=S) groups is 1. The molecule has 1 heterocycles. The maximum atomic E-state index is 13.8. The third-order valence-corrected chi connectivity index (χ3v) is 4.00. The summed E-state index contributed by atoms with van der Waals surface area (Å²) >= 11 is 8.40. The van der Waals surface area contributed by atoms with Gasteiger partial charge in [0.15, 0.2) is 5.11 Å². The van der Waals surface area contributed by atoms with Crippen LogP contribution in [0.3, 0.4) is 0 Å². The highest BCUT2D eigenvalue weighted by atomic mass is 79.9. The number of nitrogens with one attached hydrogen (secondary N) is 1. The zero-order valence-electron chi connectivity index (χ0n) is 11.5. The van der Waals surface area contributed by atoms with Crippen molar-refractivity contribution in [3.05, 3.63) is 69.8 Å². The smallest absolute Gasteiger partial charge is 0.281 e. The number of halogens is 3. The maximum absolute atomic E-state index is 13.8. The van der Waals surface area contributed by atoms with Crippen LogP contribution in [0, 0.1) is 11.6 Å². The van der Waals surface area contributed by atoms with E-state index in [4.69, 9.17) is 12.2 Å². The highest BCUT2D eigenvalue weighted by Crippen LogP contribution is 2.24. The predicted octanol–water partition coefficient (Wildman–Crippen LogP) is 3.99. The molecular weight excluding hydrogens is 386 g/mol. The third-order valence-electron chi connectivity index (χ3n) is 3.22. The molecule has 7 heteroatoms. The van der Waals surface area contributed by atoms with Gasteiger partial charge >= 0.3 is 0 Å². The zero-order chi connectivity index (χ0) is 16.6. The lowest BCUT2D eigenvalue weighted by molar-refractivity contribution is -0.113. The molecule has 0 bridgehead atoms. The molecule has 0 atom stereocenters. The molecule has 2 aromatic carbocycles. The van der Waals surface area contributed by atoms with Gasteiger partial charge in [-0.25, -0.2) is 8.78 Å². The van der Waals surface area contributed by atoms with Crippen molar-refractivity contribution in [2.45, 2.75) is 0 Å². The Balaban J connectivity index is 1.96. The fraction of sp³-hybridized carbons (Fsp3) is 0. The van der Waals surface area contributed by atoms with Crippen molar-refractivity contribution < 1.29 is 13.6 Å². The summed E-state index contributed by atoms with van der Waals surface area (Å²) in [5.74, 6) is -1.30. The quantitative estimate of drug-likeness (QED) is 0.617. The molecule has 1 aliphatic rings. The first-order valence-corrected chi connectivity index (χ1v) is 7.73. The third kappa shape index (κ3) is 3.16. The van der Waals surface area contributed by atoms with E-state index < -0.39 is 17.5 Å². The average Bonchev–Trinajstić information content (AvgIpc) is 2.79. The Bertz CT molecular complexity index is 836. The molecular formula is C16H9BrF2N2OS. The minimum absolute atomic E-state index is 0.149. The molecule has 0 aliphatic carbocycles. The standard InChI is InChI=1S/C16H9BrF2N2OS/c17-10-1-6-13(19)9(7-10)8-14-15(22)21(16(23)20-14)12-4-2-11(18)3-5-12/h1-8H,(H,20,23)/b14-8+. The van der Waals surface area contributed by atoms with Gasteiger partial charge in [0.1, 0.15) is 17.3 Å². The summed E-state index contributed by atoms with van der Waals surface area (Å²) < 4.78 is 27.5. The second-order valence-electron chi connectivity index (χ2n) is 4.77. The molecule has 0 aromatic heterocycles. The van der Waals surface area contributed by atoms with Gasteiger partial charge in [0.05, 0.1) is 5.69 Å². The molecule has 0 saturated carbocycles. The zero-order valence-corrected chi connectivity index (χ0v) is 13.9. The van der Waals surface area contributed by atoms with Crippen LogP contribution >= 0.6 is 28.1 Å². The van der Waals surface area contributed by atoms with Crippen LogP contribution in [0.2, 0.25) is 0 Å². The molecule has 2 aromatic rings. The van der Waals surface area contributed by atoms with Crippen molar-refractivity contribution in [2.24, 2.45) is 0 Å². The largest absolute Gasteiger partial charge is 0.327 e. The van der Waals surface area contributed by atoms with Crippen molar-refractivity contribution in [3.63, 3.8) is 0 Å². The van der Waals surface area contributed by atoms with E-state index in [0.29, 0.717) is 10.2 Å². The topological polar surface area (TPSA) is 32.3 Å². The van der Waals surface area contributed by atoms with E-state index in [1.54, 1.807) is 12.1 Å². The summed E-state index contributed by atoms with van der Waals surface area (Å²) in [7, 11) is 0. The highest BCUT2D eigenvalue weighted by Gasteiger charge is 2.32. The lowest BCUT2D eigenvalue weighted by atomic mass is 10.1. The van der Waals surface area contributed by atoms with Crippen molar-refractivity contribution in [2.75, 3.05) is 4.90 Å². The molecule has 3 rings (SSSR count). The Hall–Kier alpha value is -2.12. The highest BCUT2D eigenvalue weighted by molar-refractivity contribution is 9.10. The summed E-state index contributed by atoms with van der Waals surface area (Å²) in [5.41, 5.74) is 0.835. The second kappa shape index (κ2) is 6.17. The number of rotatable bonds is 2. The van der Waals surface area contributed by atoms with Crippen molar-refractivity contribution >= 4 is 50.9 Å². The Morgan fingerprint density at radius 2 is 1.83 bits per heavy atom. The van der Waals surface area contributed by atoms with E-state index in [0.717, 1.165) is 0 Å². The van der Waals surface area contributed by atoms with Gasteiger partial charge in [-0.2, -0.15) is 0 Å². The SMILES string of the molecule is O=C1/C(=C\c2cc(Br)ccc2F)NC(=S)N1c1ccc(F)cc1. The van der Waals surface area contributed by atoms with Crippen LogP contribution in [0.1, 0.15) is 5.56 Å². The molecule has 1 amide bonds. The van der Waals surface area contributed by atoms with Gasteiger partial charge in [-0.15, -0.1) is 0 Å². The summed E-state index contributed by atoms with van der Waals surface area (Å²) in [6.07, 6.45) is 1.39. The number of amides is 1. The average molecular weight is 395 g/mol. The normalized spacial score (nSPS) is 16.1. The van der Waals surface area contributed by atoms with Crippen LogP contribution in [0.15, 0.2) is 52.6 Å². The Morgan fingerprint density at radius 3 is 2.52 bits per heavy atom. The maximum Gasteiger partial charge on any atom is 0.281 e. The fourth-order valence-electron chi connectivity index (χ4n) is 2.14. The first kappa shape index (κ1) is 15.8. The number of benzene rings is 2. The monoisotopic (exact) mass is 394 g/mol. The minimum atomic E-state index is -0.457. The van der Waals surface area contributed by atoms with Gasteiger partial charge < -0.3 is 5.32 Å². The number of nitrogens with zero attached hydrogens (tertiary/aromatic N) is 1. The fourth-order valence-corrected chi connectivity index (χ4v) is 2.82. The Labute approximate surface area is 144 Å². The molecule has 1 fully saturated rings. The summed E-state index contributed by atoms with van der Waals surface area (Å²) in [4.78, 5) is 13.7. The summed E-state index contributed by atoms with van der Waals surface area (Å²) in [6, 6.07) is 9.79. The Kier molecular flexibility index (Phi) is 4.23. The molecule has 1 N–H and O–H groups in total. The van der Waals surface area contributed by atoms with Gasteiger partial charge in [-0.05, 0) is 60.8 Å². The molecule has 1 aliphatic heterocycles. The van der Waals surface area contributed by atoms with E-state index in [1.807, 2.05) is 0 Å². The molecule has 0 spiro atoms. The van der Waals surface area contributed by atoms with E-state index in [9.17, 15) is 13.6 Å².